The molecule has 1 aliphatic carbocycles. The zero-order valence-corrected chi connectivity index (χ0v) is 14.1. The van der Waals surface area contributed by atoms with Gasteiger partial charge in [0.05, 0.1) is 13.0 Å². The second-order valence-electron chi connectivity index (χ2n) is 6.93. The van der Waals surface area contributed by atoms with Gasteiger partial charge in [-0.2, -0.15) is 0 Å². The first-order valence-electron chi connectivity index (χ1n) is 8.05. The summed E-state index contributed by atoms with van der Waals surface area (Å²) >= 11 is 0. The van der Waals surface area contributed by atoms with Crippen molar-refractivity contribution < 1.29 is 29.0 Å². The van der Waals surface area contributed by atoms with E-state index in [0.29, 0.717) is 12.5 Å². The molecule has 0 heterocycles. The second kappa shape index (κ2) is 8.74. The Hall–Kier alpha value is -1.79. The molecule has 1 rings (SSSR count). The van der Waals surface area contributed by atoms with Crippen LogP contribution in [0, 0.1) is 5.92 Å². The maximum absolute atomic E-state index is 11.8. The molecule has 1 atom stereocenters. The maximum atomic E-state index is 11.8. The minimum atomic E-state index is -1.36. The molecule has 23 heavy (non-hydrogen) atoms. The highest BCUT2D eigenvalue weighted by Crippen LogP contribution is 2.23. The van der Waals surface area contributed by atoms with Crippen LogP contribution in [0.2, 0.25) is 0 Å². The van der Waals surface area contributed by atoms with Gasteiger partial charge in [0.1, 0.15) is 11.6 Å². The van der Waals surface area contributed by atoms with E-state index in [1.54, 1.807) is 20.8 Å². The number of rotatable bonds is 6. The van der Waals surface area contributed by atoms with Crippen LogP contribution in [0.1, 0.15) is 59.3 Å². The zero-order valence-electron chi connectivity index (χ0n) is 14.1. The summed E-state index contributed by atoms with van der Waals surface area (Å²) in [6.07, 6.45) is 4.27. The molecule has 0 saturated heterocycles. The van der Waals surface area contributed by atoms with Crippen LogP contribution >= 0.6 is 0 Å². The Morgan fingerprint density at radius 1 is 1.17 bits per heavy atom. The molecule has 1 unspecified atom stereocenters. The second-order valence-corrected chi connectivity index (χ2v) is 6.93. The summed E-state index contributed by atoms with van der Waals surface area (Å²) in [7, 11) is 0. The maximum Gasteiger partial charge on any atom is 0.408 e. The Labute approximate surface area is 136 Å². The molecule has 0 bridgehead atoms. The molecule has 1 amide bonds. The number of carbonyl (C=O) groups is 3. The van der Waals surface area contributed by atoms with Crippen molar-refractivity contribution in [2.24, 2.45) is 5.92 Å². The Kier molecular flexibility index (Phi) is 7.32. The van der Waals surface area contributed by atoms with Crippen molar-refractivity contribution in [3.63, 3.8) is 0 Å². The highest BCUT2D eigenvalue weighted by Gasteiger charge is 2.27. The van der Waals surface area contributed by atoms with Crippen LogP contribution in [-0.4, -0.2) is 41.4 Å². The number of aliphatic carboxylic acids is 1. The fourth-order valence-corrected chi connectivity index (χ4v) is 2.44. The van der Waals surface area contributed by atoms with Crippen molar-refractivity contribution in [3.8, 4) is 0 Å². The Balaban J connectivity index is 2.40. The molecule has 132 valence electrons. The van der Waals surface area contributed by atoms with Gasteiger partial charge in [-0.15, -0.1) is 0 Å². The highest BCUT2D eigenvalue weighted by molar-refractivity contribution is 5.85. The number of alkyl carbamates (subject to hydrolysis) is 1. The average molecular weight is 329 g/mol. The predicted molar refractivity (Wildman–Crippen MR) is 82.9 cm³/mol. The summed E-state index contributed by atoms with van der Waals surface area (Å²) in [5, 5.41) is 11.3. The lowest BCUT2D eigenvalue weighted by Gasteiger charge is -2.23. The zero-order chi connectivity index (χ0) is 17.5. The molecule has 1 aliphatic rings. The summed E-state index contributed by atoms with van der Waals surface area (Å²) in [4.78, 5) is 34.6. The average Bonchev–Trinajstić information content (AvgIpc) is 2.43. The van der Waals surface area contributed by atoms with E-state index in [9.17, 15) is 14.4 Å². The smallest absolute Gasteiger partial charge is 0.408 e. The van der Waals surface area contributed by atoms with Gasteiger partial charge in [0.2, 0.25) is 0 Å². The van der Waals surface area contributed by atoms with E-state index >= 15 is 0 Å². The Morgan fingerprint density at radius 3 is 2.30 bits per heavy atom. The molecule has 0 aromatic heterocycles. The molecule has 1 saturated carbocycles. The summed E-state index contributed by atoms with van der Waals surface area (Å²) < 4.78 is 10.1. The first-order chi connectivity index (χ1) is 10.7. The number of amides is 1. The molecule has 0 aliphatic heterocycles. The lowest BCUT2D eigenvalue weighted by Crippen LogP contribution is -2.44. The molecule has 0 radical (unpaired) electrons. The largest absolute Gasteiger partial charge is 0.480 e. The van der Waals surface area contributed by atoms with Crippen molar-refractivity contribution in [1.82, 2.24) is 5.32 Å². The number of carboxylic acids is 1. The fraction of sp³-hybridized carbons (Fsp3) is 0.812. The third-order valence-corrected chi connectivity index (χ3v) is 3.56. The quantitative estimate of drug-likeness (QED) is 0.726. The third kappa shape index (κ3) is 8.42. The van der Waals surface area contributed by atoms with E-state index in [1.165, 1.54) is 6.42 Å². The number of carboxylic acid groups (broad SMARTS) is 1. The number of ether oxygens (including phenoxy) is 2. The van der Waals surface area contributed by atoms with E-state index in [-0.39, 0.29) is 0 Å². The molecular formula is C16H27NO6. The molecule has 0 spiro atoms. The van der Waals surface area contributed by atoms with Crippen LogP contribution in [-0.2, 0) is 19.1 Å². The van der Waals surface area contributed by atoms with Crippen LogP contribution < -0.4 is 5.32 Å². The first kappa shape index (κ1) is 19.3. The van der Waals surface area contributed by atoms with Gasteiger partial charge in [0, 0.05) is 0 Å². The lowest BCUT2D eigenvalue weighted by atomic mass is 9.90. The number of hydrogen-bond acceptors (Lipinski definition) is 5. The summed E-state index contributed by atoms with van der Waals surface area (Å²) in [5.41, 5.74) is -0.741. The van der Waals surface area contributed by atoms with Crippen LogP contribution in [0.25, 0.3) is 0 Å². The van der Waals surface area contributed by atoms with Gasteiger partial charge in [-0.1, -0.05) is 19.3 Å². The van der Waals surface area contributed by atoms with Crippen LogP contribution in [0.5, 0.6) is 0 Å². The molecule has 0 aromatic rings. The molecule has 0 aromatic carbocycles. The minimum absolute atomic E-state index is 0.317. The summed E-state index contributed by atoms with van der Waals surface area (Å²) in [5.74, 6) is -1.57. The Morgan fingerprint density at radius 2 is 1.78 bits per heavy atom. The van der Waals surface area contributed by atoms with Crippen LogP contribution in [0.15, 0.2) is 0 Å². The SMILES string of the molecule is CC(C)(C)OC(=O)NC(CC(=O)OCC1CCCCC1)C(=O)O. The van der Waals surface area contributed by atoms with E-state index in [2.05, 4.69) is 5.32 Å². The number of esters is 1. The highest BCUT2D eigenvalue weighted by atomic mass is 16.6. The van der Waals surface area contributed by atoms with Gasteiger partial charge in [0.25, 0.3) is 0 Å². The summed E-state index contributed by atoms with van der Waals surface area (Å²) in [6.45, 7) is 5.32. The van der Waals surface area contributed by atoms with Gasteiger partial charge in [0.15, 0.2) is 0 Å². The van der Waals surface area contributed by atoms with Crippen molar-refractivity contribution in [2.75, 3.05) is 6.61 Å². The molecular weight excluding hydrogens is 302 g/mol. The van der Waals surface area contributed by atoms with E-state index < -0.39 is 36.1 Å². The molecule has 2 N–H and O–H groups in total. The fourth-order valence-electron chi connectivity index (χ4n) is 2.44. The van der Waals surface area contributed by atoms with E-state index in [1.807, 2.05) is 0 Å². The van der Waals surface area contributed by atoms with Crippen LogP contribution in [0.4, 0.5) is 4.79 Å². The lowest BCUT2D eigenvalue weighted by molar-refractivity contribution is -0.150. The number of carbonyl (C=O) groups excluding carboxylic acids is 2. The van der Waals surface area contributed by atoms with Gasteiger partial charge < -0.3 is 19.9 Å². The molecule has 1 fully saturated rings. The van der Waals surface area contributed by atoms with E-state index in [0.717, 1.165) is 25.7 Å². The van der Waals surface area contributed by atoms with Gasteiger partial charge in [-0.3, -0.25) is 4.79 Å². The standard InChI is InChI=1S/C16H27NO6/c1-16(2,3)23-15(21)17-12(14(19)20)9-13(18)22-10-11-7-5-4-6-8-11/h11-12H,4-10H2,1-3H3,(H,17,21)(H,19,20). The number of hydrogen-bond donors (Lipinski definition) is 2. The topological polar surface area (TPSA) is 102 Å². The number of nitrogens with one attached hydrogen (secondary N) is 1. The van der Waals surface area contributed by atoms with Crippen molar-refractivity contribution in [1.29, 1.82) is 0 Å². The minimum Gasteiger partial charge on any atom is -0.480 e. The molecule has 7 heteroatoms. The third-order valence-electron chi connectivity index (χ3n) is 3.56. The van der Waals surface area contributed by atoms with Crippen LogP contribution in [0.3, 0.4) is 0 Å². The first-order valence-corrected chi connectivity index (χ1v) is 8.05. The van der Waals surface area contributed by atoms with Gasteiger partial charge in [-0.05, 0) is 39.5 Å². The monoisotopic (exact) mass is 329 g/mol. The molecule has 7 nitrogen and oxygen atoms in total. The summed E-state index contributed by atoms with van der Waals surface area (Å²) in [6, 6.07) is -1.36. The van der Waals surface area contributed by atoms with Gasteiger partial charge >= 0.3 is 18.0 Å². The van der Waals surface area contributed by atoms with Crippen molar-refractivity contribution in [2.45, 2.75) is 70.9 Å². The van der Waals surface area contributed by atoms with Crippen molar-refractivity contribution in [3.05, 3.63) is 0 Å². The Bertz CT molecular complexity index is 423. The van der Waals surface area contributed by atoms with E-state index in [4.69, 9.17) is 14.6 Å². The van der Waals surface area contributed by atoms with Crippen molar-refractivity contribution >= 4 is 18.0 Å². The normalized spacial score (nSPS) is 17.2. The predicted octanol–water partition coefficient (Wildman–Crippen LogP) is 2.48. The van der Waals surface area contributed by atoms with Gasteiger partial charge in [-0.25, -0.2) is 9.59 Å².